The highest BCUT2D eigenvalue weighted by molar-refractivity contribution is 5.33. The average molecular weight is 260 g/mol. The van der Waals surface area contributed by atoms with Gasteiger partial charge in [0.05, 0.1) is 12.7 Å². The Bertz CT molecular complexity index is 405. The Morgan fingerprint density at radius 1 is 1.21 bits per heavy atom. The summed E-state index contributed by atoms with van der Waals surface area (Å²) in [5.41, 5.74) is 1.02. The maximum absolute atomic E-state index is 9.49. The second-order valence-electron chi connectivity index (χ2n) is 4.57. The van der Waals surface area contributed by atoms with E-state index in [4.69, 9.17) is 4.74 Å². The van der Waals surface area contributed by atoms with Crippen molar-refractivity contribution in [3.63, 3.8) is 0 Å². The molecule has 104 valence electrons. The van der Waals surface area contributed by atoms with Gasteiger partial charge in [-0.2, -0.15) is 5.26 Å². The molecule has 0 aliphatic rings. The highest BCUT2D eigenvalue weighted by Crippen LogP contribution is 2.24. The molecular weight excluding hydrogens is 236 g/mol. The van der Waals surface area contributed by atoms with Crippen LogP contribution in [0.5, 0.6) is 5.75 Å². The van der Waals surface area contributed by atoms with Crippen LogP contribution in [0.15, 0.2) is 24.3 Å². The molecule has 3 nitrogen and oxygen atoms in total. The minimum absolute atomic E-state index is 0.180. The SMILES string of the molecule is CCCN(CCC)C(C#N)c1cccc(OCC)c1. The molecule has 0 aromatic heterocycles. The Labute approximate surface area is 116 Å². The minimum Gasteiger partial charge on any atom is -0.494 e. The molecule has 19 heavy (non-hydrogen) atoms. The Balaban J connectivity index is 2.94. The summed E-state index contributed by atoms with van der Waals surface area (Å²) in [6.07, 6.45) is 2.12. The standard InChI is InChI=1S/C16H24N2O/c1-4-10-18(11-5-2)16(13-17)14-8-7-9-15(12-14)19-6-3/h7-9,12,16H,4-6,10-11H2,1-3H3. The number of nitrogens with zero attached hydrogens (tertiary/aromatic N) is 2. The lowest BCUT2D eigenvalue weighted by Gasteiger charge is -2.26. The molecule has 1 aromatic carbocycles. The lowest BCUT2D eigenvalue weighted by atomic mass is 10.1. The number of hydrogen-bond acceptors (Lipinski definition) is 3. The van der Waals surface area contributed by atoms with Crippen molar-refractivity contribution in [2.45, 2.75) is 39.7 Å². The fraction of sp³-hybridized carbons (Fsp3) is 0.562. The molecule has 0 saturated carbocycles. The summed E-state index contributed by atoms with van der Waals surface area (Å²) in [5, 5.41) is 9.49. The van der Waals surface area contributed by atoms with Gasteiger partial charge in [-0.25, -0.2) is 0 Å². The highest BCUT2D eigenvalue weighted by atomic mass is 16.5. The number of hydrogen-bond donors (Lipinski definition) is 0. The van der Waals surface area contributed by atoms with Gasteiger partial charge < -0.3 is 4.74 Å². The fourth-order valence-electron chi connectivity index (χ4n) is 2.25. The molecule has 0 amide bonds. The van der Waals surface area contributed by atoms with Crippen LogP contribution in [0.1, 0.15) is 45.2 Å². The first-order chi connectivity index (χ1) is 9.26. The quantitative estimate of drug-likeness (QED) is 0.714. The predicted octanol–water partition coefficient (Wildman–Crippen LogP) is 3.77. The van der Waals surface area contributed by atoms with E-state index in [1.165, 1.54) is 0 Å². The third kappa shape index (κ3) is 4.57. The van der Waals surface area contributed by atoms with Crippen LogP contribution in [-0.4, -0.2) is 24.6 Å². The van der Waals surface area contributed by atoms with Gasteiger partial charge in [-0.15, -0.1) is 0 Å². The van der Waals surface area contributed by atoms with Crippen molar-refractivity contribution in [1.29, 1.82) is 5.26 Å². The first-order valence-corrected chi connectivity index (χ1v) is 7.13. The zero-order valence-electron chi connectivity index (χ0n) is 12.2. The van der Waals surface area contributed by atoms with Crippen LogP contribution in [0.25, 0.3) is 0 Å². The van der Waals surface area contributed by atoms with Crippen LogP contribution >= 0.6 is 0 Å². The molecule has 1 atom stereocenters. The third-order valence-corrected chi connectivity index (χ3v) is 2.99. The molecule has 0 saturated heterocycles. The molecule has 0 aliphatic heterocycles. The van der Waals surface area contributed by atoms with Crippen LogP contribution in [-0.2, 0) is 0 Å². The molecule has 0 spiro atoms. The molecule has 1 rings (SSSR count). The summed E-state index contributed by atoms with van der Waals surface area (Å²) in [6.45, 7) is 8.81. The van der Waals surface area contributed by atoms with Crippen LogP contribution in [0.3, 0.4) is 0 Å². The lowest BCUT2D eigenvalue weighted by Crippen LogP contribution is -2.29. The summed E-state index contributed by atoms with van der Waals surface area (Å²) in [4.78, 5) is 2.24. The van der Waals surface area contributed by atoms with E-state index in [1.54, 1.807) is 0 Å². The first kappa shape index (κ1) is 15.5. The monoisotopic (exact) mass is 260 g/mol. The highest BCUT2D eigenvalue weighted by Gasteiger charge is 2.19. The van der Waals surface area contributed by atoms with Crippen molar-refractivity contribution in [2.24, 2.45) is 0 Å². The second-order valence-corrected chi connectivity index (χ2v) is 4.57. The third-order valence-electron chi connectivity index (χ3n) is 2.99. The van der Waals surface area contributed by atoms with Gasteiger partial charge in [0, 0.05) is 0 Å². The van der Waals surface area contributed by atoms with E-state index in [9.17, 15) is 5.26 Å². The van der Waals surface area contributed by atoms with Gasteiger partial charge in [0.1, 0.15) is 11.8 Å². The van der Waals surface area contributed by atoms with Gasteiger partial charge in [0.2, 0.25) is 0 Å². The zero-order valence-corrected chi connectivity index (χ0v) is 12.2. The molecule has 1 unspecified atom stereocenters. The maximum Gasteiger partial charge on any atom is 0.123 e. The topological polar surface area (TPSA) is 36.3 Å². The molecule has 0 fully saturated rings. The van der Waals surface area contributed by atoms with E-state index >= 15 is 0 Å². The number of ether oxygens (including phenoxy) is 1. The van der Waals surface area contributed by atoms with Gasteiger partial charge in [-0.05, 0) is 50.6 Å². The van der Waals surface area contributed by atoms with E-state index in [-0.39, 0.29) is 6.04 Å². The normalized spacial score (nSPS) is 12.2. The molecule has 0 bridgehead atoms. The van der Waals surface area contributed by atoms with Crippen LogP contribution in [0.2, 0.25) is 0 Å². The molecule has 0 aliphatic carbocycles. The van der Waals surface area contributed by atoms with E-state index in [0.717, 1.165) is 37.2 Å². The number of rotatable bonds is 8. The summed E-state index contributed by atoms with van der Waals surface area (Å²) in [5.74, 6) is 0.841. The molecule has 1 aromatic rings. The molecular formula is C16H24N2O. The lowest BCUT2D eigenvalue weighted by molar-refractivity contribution is 0.236. The van der Waals surface area contributed by atoms with Crippen LogP contribution < -0.4 is 4.74 Å². The van der Waals surface area contributed by atoms with Crippen molar-refractivity contribution < 1.29 is 4.74 Å². The fourth-order valence-corrected chi connectivity index (χ4v) is 2.25. The number of nitriles is 1. The second kappa shape index (κ2) is 8.55. The Morgan fingerprint density at radius 3 is 2.42 bits per heavy atom. The van der Waals surface area contributed by atoms with Gasteiger partial charge in [0.15, 0.2) is 0 Å². The Morgan fingerprint density at radius 2 is 1.89 bits per heavy atom. The van der Waals surface area contributed by atoms with Crippen molar-refractivity contribution >= 4 is 0 Å². The van der Waals surface area contributed by atoms with E-state index in [0.29, 0.717) is 6.61 Å². The molecule has 0 heterocycles. The smallest absolute Gasteiger partial charge is 0.123 e. The van der Waals surface area contributed by atoms with Crippen molar-refractivity contribution in [3.8, 4) is 11.8 Å². The van der Waals surface area contributed by atoms with Gasteiger partial charge >= 0.3 is 0 Å². The van der Waals surface area contributed by atoms with E-state index < -0.39 is 0 Å². The summed E-state index contributed by atoms with van der Waals surface area (Å²) in [7, 11) is 0. The summed E-state index contributed by atoms with van der Waals surface area (Å²) in [6, 6.07) is 10.1. The Kier molecular flexibility index (Phi) is 6.99. The van der Waals surface area contributed by atoms with Crippen LogP contribution in [0, 0.1) is 11.3 Å². The maximum atomic E-state index is 9.49. The molecule has 3 heteroatoms. The summed E-state index contributed by atoms with van der Waals surface area (Å²) < 4.78 is 5.51. The van der Waals surface area contributed by atoms with Crippen molar-refractivity contribution in [3.05, 3.63) is 29.8 Å². The van der Waals surface area contributed by atoms with Gasteiger partial charge in [-0.3, -0.25) is 4.90 Å². The largest absolute Gasteiger partial charge is 0.494 e. The summed E-state index contributed by atoms with van der Waals surface area (Å²) >= 11 is 0. The molecule has 0 radical (unpaired) electrons. The first-order valence-electron chi connectivity index (χ1n) is 7.13. The minimum atomic E-state index is -0.180. The van der Waals surface area contributed by atoms with E-state index in [1.807, 2.05) is 31.2 Å². The van der Waals surface area contributed by atoms with Gasteiger partial charge in [-0.1, -0.05) is 26.0 Å². The van der Waals surface area contributed by atoms with Crippen molar-refractivity contribution in [2.75, 3.05) is 19.7 Å². The predicted molar refractivity (Wildman–Crippen MR) is 78.1 cm³/mol. The van der Waals surface area contributed by atoms with Crippen molar-refractivity contribution in [1.82, 2.24) is 4.90 Å². The van der Waals surface area contributed by atoms with E-state index in [2.05, 4.69) is 24.8 Å². The Hall–Kier alpha value is -1.53. The molecule has 0 N–H and O–H groups in total. The average Bonchev–Trinajstić information content (AvgIpc) is 2.41. The number of benzene rings is 1. The van der Waals surface area contributed by atoms with Crippen LogP contribution in [0.4, 0.5) is 0 Å². The zero-order chi connectivity index (χ0) is 14.1. The van der Waals surface area contributed by atoms with Gasteiger partial charge in [0.25, 0.3) is 0 Å².